The quantitative estimate of drug-likeness (QED) is 0.365. The van der Waals surface area contributed by atoms with Gasteiger partial charge in [-0.05, 0) is 48.9 Å². The summed E-state index contributed by atoms with van der Waals surface area (Å²) < 4.78 is 17.1. The molecule has 34 heavy (non-hydrogen) atoms. The number of carbonyl (C=O) groups excluding carboxylic acids is 1. The smallest absolute Gasteiger partial charge is 0.295 e. The Morgan fingerprint density at radius 3 is 2.62 bits per heavy atom. The van der Waals surface area contributed by atoms with Crippen molar-refractivity contribution in [3.63, 3.8) is 0 Å². The van der Waals surface area contributed by atoms with E-state index in [1.165, 1.54) is 0 Å². The predicted octanol–water partition coefficient (Wildman–Crippen LogP) is 5.42. The summed E-state index contributed by atoms with van der Waals surface area (Å²) >= 11 is 0. The molecule has 6 heteroatoms. The van der Waals surface area contributed by atoms with E-state index < -0.39 is 6.04 Å². The van der Waals surface area contributed by atoms with Gasteiger partial charge in [0.25, 0.3) is 5.91 Å². The van der Waals surface area contributed by atoms with Crippen LogP contribution in [-0.4, -0.2) is 19.6 Å². The van der Waals surface area contributed by atoms with Gasteiger partial charge in [-0.15, -0.1) is 0 Å². The second kappa shape index (κ2) is 8.56. The first-order chi connectivity index (χ1) is 16.5. The van der Waals surface area contributed by atoms with E-state index in [9.17, 15) is 9.59 Å². The van der Waals surface area contributed by atoms with Crippen LogP contribution in [0.15, 0.2) is 88.6 Å². The highest BCUT2D eigenvalue weighted by Crippen LogP contribution is 2.42. The number of amides is 1. The molecule has 0 spiro atoms. The molecule has 0 saturated carbocycles. The number of carbonyl (C=O) groups is 1. The first-order valence-electron chi connectivity index (χ1n) is 10.9. The van der Waals surface area contributed by atoms with Gasteiger partial charge in [0.05, 0.1) is 24.1 Å². The topological polar surface area (TPSA) is 69.0 Å². The minimum absolute atomic E-state index is 0.0478. The number of ether oxygens (including phenoxy) is 2. The molecule has 6 nitrogen and oxygen atoms in total. The van der Waals surface area contributed by atoms with Gasteiger partial charge in [-0.25, -0.2) is 0 Å². The van der Waals surface area contributed by atoms with Crippen molar-refractivity contribution in [2.24, 2.45) is 0 Å². The molecule has 3 aromatic carbocycles. The van der Waals surface area contributed by atoms with E-state index in [2.05, 4.69) is 6.58 Å². The number of methoxy groups -OCH3 is 1. The Morgan fingerprint density at radius 2 is 1.82 bits per heavy atom. The van der Waals surface area contributed by atoms with Crippen LogP contribution in [0.3, 0.4) is 0 Å². The van der Waals surface area contributed by atoms with Gasteiger partial charge in [-0.1, -0.05) is 42.5 Å². The highest BCUT2D eigenvalue weighted by Gasteiger charge is 2.43. The van der Waals surface area contributed by atoms with Crippen LogP contribution in [0.2, 0.25) is 0 Å². The van der Waals surface area contributed by atoms with Crippen LogP contribution in [0.1, 0.15) is 33.3 Å². The van der Waals surface area contributed by atoms with Crippen LogP contribution < -0.4 is 19.8 Å². The largest absolute Gasteiger partial charge is 0.497 e. The van der Waals surface area contributed by atoms with Crippen molar-refractivity contribution < 1.29 is 18.7 Å². The number of hydrogen-bond acceptors (Lipinski definition) is 5. The van der Waals surface area contributed by atoms with Crippen molar-refractivity contribution in [3.8, 4) is 11.5 Å². The Balaban J connectivity index is 1.77. The third kappa shape index (κ3) is 3.53. The van der Waals surface area contributed by atoms with Crippen molar-refractivity contribution in [1.82, 2.24) is 0 Å². The number of rotatable bonds is 6. The zero-order chi connectivity index (χ0) is 23.8. The lowest BCUT2D eigenvalue weighted by molar-refractivity contribution is 0.0971. The fourth-order valence-corrected chi connectivity index (χ4v) is 4.36. The molecule has 1 unspecified atom stereocenters. The van der Waals surface area contributed by atoms with Crippen molar-refractivity contribution in [3.05, 3.63) is 112 Å². The van der Waals surface area contributed by atoms with Gasteiger partial charge in [0.15, 0.2) is 5.43 Å². The van der Waals surface area contributed by atoms with Crippen LogP contribution in [0.25, 0.3) is 11.0 Å². The maximum Gasteiger partial charge on any atom is 0.295 e. The van der Waals surface area contributed by atoms with Gasteiger partial charge in [0.2, 0.25) is 5.76 Å². The Bertz CT molecular complexity index is 1490. The van der Waals surface area contributed by atoms with Crippen molar-refractivity contribution in [2.75, 3.05) is 18.6 Å². The highest BCUT2D eigenvalue weighted by molar-refractivity contribution is 6.10. The summed E-state index contributed by atoms with van der Waals surface area (Å²) in [5.74, 6) is 0.880. The number of benzene rings is 3. The predicted molar refractivity (Wildman–Crippen MR) is 131 cm³/mol. The summed E-state index contributed by atoms with van der Waals surface area (Å²) in [4.78, 5) is 29.0. The molecule has 0 saturated heterocycles. The lowest BCUT2D eigenvalue weighted by Crippen LogP contribution is -2.29. The summed E-state index contributed by atoms with van der Waals surface area (Å²) in [7, 11) is 1.57. The standard InChI is InChI=1S/C28H23NO5/c1-4-13-33-21-10-5-7-18(15-21)25-24-26(30)22-14-17(2)11-12-23(22)34-27(24)28(31)29(25)19-8-6-9-20(16-19)32-3/h4-12,14-16,25H,1,13H2,2-3H3. The van der Waals surface area contributed by atoms with E-state index in [1.807, 2.05) is 43.3 Å². The molecule has 0 bridgehead atoms. The second-order valence-electron chi connectivity index (χ2n) is 8.12. The third-order valence-electron chi connectivity index (χ3n) is 5.90. The van der Waals surface area contributed by atoms with Gasteiger partial charge < -0.3 is 13.9 Å². The Labute approximate surface area is 196 Å². The normalized spacial score (nSPS) is 14.8. The summed E-state index contributed by atoms with van der Waals surface area (Å²) in [5.41, 5.74) is 2.74. The molecule has 170 valence electrons. The third-order valence-corrected chi connectivity index (χ3v) is 5.90. The molecule has 2 heterocycles. The van der Waals surface area contributed by atoms with E-state index in [0.29, 0.717) is 40.3 Å². The second-order valence-corrected chi connectivity index (χ2v) is 8.12. The van der Waals surface area contributed by atoms with E-state index in [0.717, 1.165) is 11.1 Å². The Kier molecular flexibility index (Phi) is 5.42. The molecular formula is C28H23NO5. The first-order valence-corrected chi connectivity index (χ1v) is 10.9. The number of hydrogen-bond donors (Lipinski definition) is 0. The van der Waals surface area contributed by atoms with Gasteiger partial charge in [-0.3, -0.25) is 14.5 Å². The molecule has 1 aliphatic rings. The van der Waals surface area contributed by atoms with Gasteiger partial charge in [-0.2, -0.15) is 0 Å². The van der Waals surface area contributed by atoms with Crippen LogP contribution >= 0.6 is 0 Å². The molecule has 0 radical (unpaired) electrons. The minimum atomic E-state index is -0.692. The summed E-state index contributed by atoms with van der Waals surface area (Å²) in [6.07, 6.45) is 1.66. The zero-order valence-corrected chi connectivity index (χ0v) is 18.9. The Hall–Kier alpha value is -4.32. The van der Waals surface area contributed by atoms with Crippen molar-refractivity contribution >= 4 is 22.6 Å². The fraction of sp³-hybridized carbons (Fsp3) is 0.143. The summed E-state index contributed by atoms with van der Waals surface area (Å²) in [5, 5.41) is 0.447. The van der Waals surface area contributed by atoms with E-state index in [4.69, 9.17) is 13.9 Å². The number of aryl methyl sites for hydroxylation is 1. The molecule has 5 rings (SSSR count). The van der Waals surface area contributed by atoms with E-state index in [1.54, 1.807) is 48.4 Å². The molecule has 0 fully saturated rings. The first kappa shape index (κ1) is 21.5. The highest BCUT2D eigenvalue weighted by atomic mass is 16.5. The average Bonchev–Trinajstić information content (AvgIpc) is 3.16. The van der Waals surface area contributed by atoms with Crippen LogP contribution in [-0.2, 0) is 0 Å². The van der Waals surface area contributed by atoms with E-state index in [-0.39, 0.29) is 17.1 Å². The molecule has 1 atom stereocenters. The SMILES string of the molecule is C=CCOc1cccc(C2c3c(oc4ccc(C)cc4c3=O)C(=O)N2c2cccc(OC)c2)c1. The van der Waals surface area contributed by atoms with E-state index >= 15 is 0 Å². The fourth-order valence-electron chi connectivity index (χ4n) is 4.36. The van der Waals surface area contributed by atoms with Crippen LogP contribution in [0.5, 0.6) is 11.5 Å². The van der Waals surface area contributed by atoms with Gasteiger partial charge in [0.1, 0.15) is 23.7 Å². The lowest BCUT2D eigenvalue weighted by atomic mass is 9.97. The molecule has 1 amide bonds. The van der Waals surface area contributed by atoms with Crippen molar-refractivity contribution in [2.45, 2.75) is 13.0 Å². The molecular weight excluding hydrogens is 430 g/mol. The van der Waals surface area contributed by atoms with Gasteiger partial charge >= 0.3 is 0 Å². The molecule has 1 aromatic heterocycles. The van der Waals surface area contributed by atoms with Crippen molar-refractivity contribution in [1.29, 1.82) is 0 Å². The Morgan fingerprint density at radius 1 is 1.03 bits per heavy atom. The summed E-state index contributed by atoms with van der Waals surface area (Å²) in [6.45, 7) is 5.94. The maximum absolute atomic E-state index is 13.8. The molecule has 0 N–H and O–H groups in total. The molecule has 1 aliphatic heterocycles. The number of fused-ring (bicyclic) bond motifs is 2. The van der Waals surface area contributed by atoms with Crippen LogP contribution in [0.4, 0.5) is 5.69 Å². The number of nitrogens with zero attached hydrogens (tertiary/aromatic N) is 1. The monoisotopic (exact) mass is 453 g/mol. The average molecular weight is 453 g/mol. The van der Waals surface area contributed by atoms with Crippen LogP contribution in [0, 0.1) is 6.92 Å². The lowest BCUT2D eigenvalue weighted by Gasteiger charge is -2.26. The number of anilines is 1. The zero-order valence-electron chi connectivity index (χ0n) is 18.9. The maximum atomic E-state index is 13.8. The molecule has 0 aliphatic carbocycles. The summed E-state index contributed by atoms with van der Waals surface area (Å²) in [6, 6.07) is 19.3. The molecule has 4 aromatic rings. The minimum Gasteiger partial charge on any atom is -0.497 e. The van der Waals surface area contributed by atoms with Gasteiger partial charge in [0, 0.05) is 11.8 Å².